The van der Waals surface area contributed by atoms with Gasteiger partial charge in [-0.05, 0) is 74.2 Å². The number of hydrogen-bond acceptors (Lipinski definition) is 1. The third-order valence-electron chi connectivity index (χ3n) is 4.90. The number of hydrogen-bond donors (Lipinski definition) is 1. The summed E-state index contributed by atoms with van der Waals surface area (Å²) in [5, 5.41) is 3.69. The van der Waals surface area contributed by atoms with Crippen molar-refractivity contribution in [1.29, 1.82) is 0 Å². The van der Waals surface area contributed by atoms with E-state index in [-0.39, 0.29) is 5.82 Å². The van der Waals surface area contributed by atoms with Crippen molar-refractivity contribution < 1.29 is 4.39 Å². The lowest BCUT2D eigenvalue weighted by atomic mass is 9.82. The van der Waals surface area contributed by atoms with Gasteiger partial charge in [-0.15, -0.1) is 0 Å². The van der Waals surface area contributed by atoms with Gasteiger partial charge in [-0.2, -0.15) is 0 Å². The topological polar surface area (TPSA) is 12.0 Å². The van der Waals surface area contributed by atoms with Crippen LogP contribution in [-0.4, -0.2) is 12.6 Å². The Kier molecular flexibility index (Phi) is 4.40. The van der Waals surface area contributed by atoms with E-state index >= 15 is 0 Å². The lowest BCUT2D eigenvalue weighted by Gasteiger charge is -2.26. The van der Waals surface area contributed by atoms with Crippen LogP contribution in [0.15, 0.2) is 18.2 Å². The first kappa shape index (κ1) is 14.1. The number of rotatable bonds is 4. The maximum absolute atomic E-state index is 13.7. The summed E-state index contributed by atoms with van der Waals surface area (Å²) in [5.74, 6) is 1.15. The third-order valence-corrected chi connectivity index (χ3v) is 4.90. The van der Waals surface area contributed by atoms with Crippen molar-refractivity contribution in [2.45, 2.75) is 63.8 Å². The van der Waals surface area contributed by atoms with Crippen LogP contribution in [0.2, 0.25) is 0 Å². The fourth-order valence-electron chi connectivity index (χ4n) is 3.65. The van der Waals surface area contributed by atoms with Gasteiger partial charge in [0.2, 0.25) is 0 Å². The molecule has 2 fully saturated rings. The minimum Gasteiger partial charge on any atom is -0.314 e. The Labute approximate surface area is 122 Å². The molecule has 0 bridgehead atoms. The zero-order valence-electron chi connectivity index (χ0n) is 12.5. The largest absolute Gasteiger partial charge is 0.314 e. The van der Waals surface area contributed by atoms with E-state index in [0.29, 0.717) is 11.8 Å². The Hall–Kier alpha value is -0.890. The van der Waals surface area contributed by atoms with Gasteiger partial charge in [-0.1, -0.05) is 25.3 Å². The van der Waals surface area contributed by atoms with Crippen molar-refractivity contribution in [2.24, 2.45) is 5.92 Å². The van der Waals surface area contributed by atoms with Gasteiger partial charge >= 0.3 is 0 Å². The number of aryl methyl sites for hydroxylation is 1. The van der Waals surface area contributed by atoms with Crippen LogP contribution in [0.1, 0.15) is 62.0 Å². The molecule has 0 radical (unpaired) electrons. The maximum atomic E-state index is 13.7. The summed E-state index contributed by atoms with van der Waals surface area (Å²) in [7, 11) is 0. The van der Waals surface area contributed by atoms with E-state index in [4.69, 9.17) is 0 Å². The molecule has 20 heavy (non-hydrogen) atoms. The highest BCUT2D eigenvalue weighted by atomic mass is 19.1. The van der Waals surface area contributed by atoms with Gasteiger partial charge in [0.25, 0.3) is 0 Å². The fourth-order valence-corrected chi connectivity index (χ4v) is 3.65. The minimum absolute atomic E-state index is 0.0712. The summed E-state index contributed by atoms with van der Waals surface area (Å²) in [6.45, 7) is 3.12. The van der Waals surface area contributed by atoms with Gasteiger partial charge in [0.1, 0.15) is 5.82 Å². The maximum Gasteiger partial charge on any atom is 0.123 e. The third kappa shape index (κ3) is 3.60. The Morgan fingerprint density at radius 2 is 1.85 bits per heavy atom. The van der Waals surface area contributed by atoms with Crippen molar-refractivity contribution in [1.82, 2.24) is 5.32 Å². The number of halogens is 1. The summed E-state index contributed by atoms with van der Waals surface area (Å²) in [4.78, 5) is 0. The quantitative estimate of drug-likeness (QED) is 0.795. The van der Waals surface area contributed by atoms with Crippen LogP contribution >= 0.6 is 0 Å². The van der Waals surface area contributed by atoms with Crippen molar-refractivity contribution >= 4 is 0 Å². The molecule has 0 aliphatic heterocycles. The van der Waals surface area contributed by atoms with E-state index in [1.54, 1.807) is 12.1 Å². The van der Waals surface area contributed by atoms with E-state index in [9.17, 15) is 4.39 Å². The summed E-state index contributed by atoms with van der Waals surface area (Å²) >= 11 is 0. The van der Waals surface area contributed by atoms with Crippen LogP contribution in [0.4, 0.5) is 4.39 Å². The molecule has 2 aliphatic rings. The van der Waals surface area contributed by atoms with Crippen LogP contribution in [0.25, 0.3) is 0 Å². The van der Waals surface area contributed by atoms with Crippen LogP contribution in [0.5, 0.6) is 0 Å². The van der Waals surface area contributed by atoms with E-state index in [1.165, 1.54) is 50.5 Å². The zero-order chi connectivity index (χ0) is 13.9. The predicted octanol–water partition coefficient (Wildman–Crippen LogP) is 4.55. The van der Waals surface area contributed by atoms with Crippen LogP contribution in [-0.2, 0) is 0 Å². The smallest absolute Gasteiger partial charge is 0.123 e. The summed E-state index contributed by atoms with van der Waals surface area (Å²) in [5.41, 5.74) is 2.28. The molecule has 1 aromatic rings. The Balaban J connectivity index is 1.77. The Bertz CT molecular complexity index is 432. The molecule has 1 aromatic carbocycles. The van der Waals surface area contributed by atoms with Gasteiger partial charge in [0.15, 0.2) is 0 Å². The van der Waals surface area contributed by atoms with Crippen molar-refractivity contribution in [3.63, 3.8) is 0 Å². The van der Waals surface area contributed by atoms with Crippen molar-refractivity contribution in [2.75, 3.05) is 6.54 Å². The van der Waals surface area contributed by atoms with Gasteiger partial charge < -0.3 is 5.32 Å². The molecular weight excluding hydrogens is 249 g/mol. The molecule has 0 spiro atoms. The van der Waals surface area contributed by atoms with Crippen LogP contribution in [0.3, 0.4) is 0 Å². The molecule has 2 atom stereocenters. The fraction of sp³-hybridized carbons (Fsp3) is 0.667. The lowest BCUT2D eigenvalue weighted by Crippen LogP contribution is -2.28. The van der Waals surface area contributed by atoms with E-state index in [1.807, 2.05) is 6.92 Å². The van der Waals surface area contributed by atoms with Crippen LogP contribution in [0, 0.1) is 18.7 Å². The molecule has 0 heterocycles. The molecule has 3 rings (SSSR count). The monoisotopic (exact) mass is 275 g/mol. The lowest BCUT2D eigenvalue weighted by molar-refractivity contribution is 0.373. The van der Waals surface area contributed by atoms with Gasteiger partial charge in [0.05, 0.1) is 0 Å². The standard InChI is InChI=1S/C18H26FN/c1-13-9-15(11-16(19)10-13)18-6-4-2-3-5-14(18)12-20-17-7-8-17/h9-11,14,17-18,20H,2-8,12H2,1H3. The summed E-state index contributed by atoms with van der Waals surface area (Å²) in [6.07, 6.45) is 9.17. The van der Waals surface area contributed by atoms with Crippen molar-refractivity contribution in [3.05, 3.63) is 35.1 Å². The van der Waals surface area contributed by atoms with E-state index in [2.05, 4.69) is 11.4 Å². The molecule has 1 nitrogen and oxygen atoms in total. The Morgan fingerprint density at radius 3 is 2.60 bits per heavy atom. The molecule has 0 aromatic heterocycles. The molecule has 110 valence electrons. The van der Waals surface area contributed by atoms with E-state index in [0.717, 1.165) is 18.2 Å². The van der Waals surface area contributed by atoms with Gasteiger partial charge in [-0.25, -0.2) is 4.39 Å². The molecule has 2 unspecified atom stereocenters. The first-order valence-electron chi connectivity index (χ1n) is 8.23. The molecular formula is C18H26FN. The highest BCUT2D eigenvalue weighted by Crippen LogP contribution is 2.37. The van der Waals surface area contributed by atoms with Gasteiger partial charge in [-0.3, -0.25) is 0 Å². The highest BCUT2D eigenvalue weighted by Gasteiger charge is 2.28. The van der Waals surface area contributed by atoms with Crippen molar-refractivity contribution in [3.8, 4) is 0 Å². The second-order valence-electron chi connectivity index (χ2n) is 6.75. The van der Waals surface area contributed by atoms with Gasteiger partial charge in [0, 0.05) is 6.04 Å². The number of nitrogens with one attached hydrogen (secondary N) is 1. The average Bonchev–Trinajstić information content (AvgIpc) is 3.22. The molecule has 2 saturated carbocycles. The molecule has 2 aliphatic carbocycles. The molecule has 0 saturated heterocycles. The Morgan fingerprint density at radius 1 is 1.05 bits per heavy atom. The highest BCUT2D eigenvalue weighted by molar-refractivity contribution is 5.27. The number of benzene rings is 1. The second-order valence-corrected chi connectivity index (χ2v) is 6.75. The zero-order valence-corrected chi connectivity index (χ0v) is 12.5. The summed E-state index contributed by atoms with van der Waals surface area (Å²) < 4.78 is 13.7. The first-order valence-corrected chi connectivity index (χ1v) is 8.23. The normalized spacial score (nSPS) is 27.3. The van der Waals surface area contributed by atoms with E-state index < -0.39 is 0 Å². The molecule has 1 N–H and O–H groups in total. The first-order chi connectivity index (χ1) is 9.72. The average molecular weight is 275 g/mol. The van der Waals surface area contributed by atoms with Crippen LogP contribution < -0.4 is 5.32 Å². The molecule has 2 heteroatoms. The molecule has 0 amide bonds. The SMILES string of the molecule is Cc1cc(F)cc(C2CCCCCC2CNC2CC2)c1. The summed E-state index contributed by atoms with van der Waals surface area (Å²) in [6, 6.07) is 6.38. The minimum atomic E-state index is -0.0712. The predicted molar refractivity (Wildman–Crippen MR) is 81.5 cm³/mol. The second kappa shape index (κ2) is 6.26.